The van der Waals surface area contributed by atoms with Crippen LogP contribution in [0.25, 0.3) is 0 Å². The maximum Gasteiger partial charge on any atom is 0.115 e. The van der Waals surface area contributed by atoms with Gasteiger partial charge in [-0.25, -0.2) is 0 Å². The molecule has 1 fully saturated rings. The molecule has 5 rings (SSSR count). The van der Waals surface area contributed by atoms with Crippen molar-refractivity contribution in [3.8, 4) is 5.75 Å². The van der Waals surface area contributed by atoms with Gasteiger partial charge in [0.05, 0.1) is 0 Å². The van der Waals surface area contributed by atoms with Crippen molar-refractivity contribution in [3.05, 3.63) is 89.0 Å². The van der Waals surface area contributed by atoms with Crippen molar-refractivity contribution in [3.63, 3.8) is 0 Å². The van der Waals surface area contributed by atoms with Crippen LogP contribution < -0.4 is 10.2 Å². The number of nitrogens with one attached hydrogen (secondary N) is 1. The minimum atomic E-state index is 0.365. The monoisotopic (exact) mass is 412 g/mol. The van der Waals surface area contributed by atoms with Gasteiger partial charge in [-0.15, -0.1) is 0 Å². The molecular weight excluding hydrogens is 380 g/mol. The Hall–Kier alpha value is -2.94. The number of aromatic hydroxyl groups is 1. The molecular formula is C28H32N2O. The van der Waals surface area contributed by atoms with Gasteiger partial charge in [0.25, 0.3) is 0 Å². The Balaban J connectivity index is 1.26. The SMILES string of the molecule is CC(Cc1ccc(N2CCC2)cc1)Nc1ccccc1C1CCc2cc(O)ccc2C1. The molecule has 160 valence electrons. The quantitative estimate of drug-likeness (QED) is 0.528. The lowest BCUT2D eigenvalue weighted by Crippen LogP contribution is -2.36. The van der Waals surface area contributed by atoms with Crippen LogP contribution in [0.5, 0.6) is 5.75 Å². The minimum absolute atomic E-state index is 0.365. The van der Waals surface area contributed by atoms with E-state index in [9.17, 15) is 5.11 Å². The summed E-state index contributed by atoms with van der Waals surface area (Å²) in [7, 11) is 0. The number of rotatable bonds is 6. The topological polar surface area (TPSA) is 35.5 Å². The summed E-state index contributed by atoms with van der Waals surface area (Å²) in [5, 5.41) is 13.6. The molecule has 1 aliphatic carbocycles. The van der Waals surface area contributed by atoms with Crippen LogP contribution in [0.3, 0.4) is 0 Å². The van der Waals surface area contributed by atoms with Crippen LogP contribution in [0.1, 0.15) is 47.9 Å². The number of hydrogen-bond acceptors (Lipinski definition) is 3. The number of hydrogen-bond donors (Lipinski definition) is 2. The fraction of sp³-hybridized carbons (Fsp3) is 0.357. The Labute approximate surface area is 185 Å². The largest absolute Gasteiger partial charge is 0.508 e. The molecule has 3 aromatic carbocycles. The van der Waals surface area contributed by atoms with Crippen LogP contribution in [0.2, 0.25) is 0 Å². The highest BCUT2D eigenvalue weighted by Gasteiger charge is 2.23. The van der Waals surface area contributed by atoms with E-state index in [1.807, 2.05) is 12.1 Å². The standard InChI is InChI=1S/C28H32N2O/c1-20(17-21-7-12-25(13-8-21)30-15-4-16-30)29-28-6-3-2-5-27(28)24-10-9-23-19-26(31)14-11-22(23)18-24/h2-3,5-8,11-14,19-20,24,29,31H,4,9-10,15-18H2,1H3. The molecule has 1 saturated heterocycles. The van der Waals surface area contributed by atoms with Crippen molar-refractivity contribution in [2.75, 3.05) is 23.3 Å². The number of nitrogens with zero attached hydrogens (tertiary/aromatic N) is 1. The van der Waals surface area contributed by atoms with Crippen molar-refractivity contribution in [2.24, 2.45) is 0 Å². The first-order chi connectivity index (χ1) is 15.2. The molecule has 31 heavy (non-hydrogen) atoms. The third-order valence-electron chi connectivity index (χ3n) is 6.92. The first-order valence-corrected chi connectivity index (χ1v) is 11.7. The van der Waals surface area contributed by atoms with Crippen molar-refractivity contribution < 1.29 is 5.11 Å². The molecule has 3 nitrogen and oxygen atoms in total. The summed E-state index contributed by atoms with van der Waals surface area (Å²) in [6.07, 6.45) is 5.53. The lowest BCUT2D eigenvalue weighted by Gasteiger charge is -2.33. The van der Waals surface area contributed by atoms with Gasteiger partial charge in [-0.3, -0.25) is 0 Å². The summed E-state index contributed by atoms with van der Waals surface area (Å²) in [6.45, 7) is 4.67. The van der Waals surface area contributed by atoms with E-state index in [1.165, 1.54) is 53.1 Å². The zero-order valence-corrected chi connectivity index (χ0v) is 18.3. The third kappa shape index (κ3) is 4.41. The van der Waals surface area contributed by atoms with Gasteiger partial charge in [-0.1, -0.05) is 36.4 Å². The highest BCUT2D eigenvalue weighted by Crippen LogP contribution is 2.37. The Morgan fingerprint density at radius 1 is 1.00 bits per heavy atom. The first kappa shape index (κ1) is 20.0. The van der Waals surface area contributed by atoms with Gasteiger partial charge in [0.2, 0.25) is 0 Å². The van der Waals surface area contributed by atoms with Gasteiger partial charge in [0.1, 0.15) is 5.75 Å². The van der Waals surface area contributed by atoms with Gasteiger partial charge in [0, 0.05) is 30.5 Å². The molecule has 0 radical (unpaired) electrons. The van der Waals surface area contributed by atoms with Gasteiger partial charge in [-0.2, -0.15) is 0 Å². The van der Waals surface area contributed by atoms with Gasteiger partial charge >= 0.3 is 0 Å². The molecule has 0 saturated carbocycles. The average Bonchev–Trinajstić information content (AvgIpc) is 2.74. The molecule has 1 heterocycles. The second-order valence-corrected chi connectivity index (χ2v) is 9.24. The van der Waals surface area contributed by atoms with Crippen LogP contribution in [0.4, 0.5) is 11.4 Å². The number of aryl methyl sites for hydroxylation is 1. The number of para-hydroxylation sites is 1. The highest BCUT2D eigenvalue weighted by molar-refractivity contribution is 5.55. The highest BCUT2D eigenvalue weighted by atomic mass is 16.3. The molecule has 1 aliphatic heterocycles. The van der Waals surface area contributed by atoms with E-state index in [-0.39, 0.29) is 0 Å². The number of fused-ring (bicyclic) bond motifs is 1. The van der Waals surface area contributed by atoms with Crippen molar-refractivity contribution in [1.29, 1.82) is 0 Å². The average molecular weight is 413 g/mol. The number of anilines is 2. The number of phenols is 1. The molecule has 0 bridgehead atoms. The Morgan fingerprint density at radius 3 is 2.58 bits per heavy atom. The fourth-order valence-electron chi connectivity index (χ4n) is 5.08. The Bertz CT molecular complexity index is 1040. The molecule has 3 aromatic rings. The van der Waals surface area contributed by atoms with E-state index in [0.717, 1.165) is 25.7 Å². The van der Waals surface area contributed by atoms with Gasteiger partial charge < -0.3 is 15.3 Å². The minimum Gasteiger partial charge on any atom is -0.508 e. The maximum atomic E-state index is 9.78. The summed E-state index contributed by atoms with van der Waals surface area (Å²) in [5.41, 5.74) is 8.09. The molecule has 2 aliphatic rings. The molecule has 3 heteroatoms. The zero-order valence-electron chi connectivity index (χ0n) is 18.3. The second-order valence-electron chi connectivity index (χ2n) is 9.24. The molecule has 2 atom stereocenters. The predicted octanol–water partition coefficient (Wildman–Crippen LogP) is 5.92. The van der Waals surface area contributed by atoms with Gasteiger partial charge in [-0.05, 0) is 97.5 Å². The summed E-state index contributed by atoms with van der Waals surface area (Å²) in [5.74, 6) is 0.898. The zero-order chi connectivity index (χ0) is 21.2. The molecule has 2 N–H and O–H groups in total. The van der Waals surface area contributed by atoms with Crippen molar-refractivity contribution in [2.45, 2.75) is 51.0 Å². The normalized spacial score (nSPS) is 18.7. The van der Waals surface area contributed by atoms with Crippen LogP contribution in [0, 0.1) is 0 Å². The lowest BCUT2D eigenvalue weighted by atomic mass is 9.79. The van der Waals surface area contributed by atoms with E-state index in [4.69, 9.17) is 0 Å². The maximum absolute atomic E-state index is 9.78. The second kappa shape index (κ2) is 8.66. The Morgan fingerprint density at radius 2 is 1.81 bits per heavy atom. The molecule has 2 unspecified atom stereocenters. The first-order valence-electron chi connectivity index (χ1n) is 11.7. The Kier molecular flexibility index (Phi) is 5.59. The van der Waals surface area contributed by atoms with E-state index in [1.54, 1.807) is 0 Å². The number of phenolic OH excluding ortho intramolecular Hbond substituents is 1. The fourth-order valence-corrected chi connectivity index (χ4v) is 5.08. The van der Waals surface area contributed by atoms with E-state index >= 15 is 0 Å². The third-order valence-corrected chi connectivity index (χ3v) is 6.92. The van der Waals surface area contributed by atoms with E-state index in [2.05, 4.69) is 71.7 Å². The predicted molar refractivity (Wildman–Crippen MR) is 129 cm³/mol. The van der Waals surface area contributed by atoms with Crippen LogP contribution >= 0.6 is 0 Å². The smallest absolute Gasteiger partial charge is 0.115 e. The summed E-state index contributed by atoms with van der Waals surface area (Å²) >= 11 is 0. The van der Waals surface area contributed by atoms with Crippen LogP contribution in [-0.2, 0) is 19.3 Å². The molecule has 0 spiro atoms. The molecule has 0 amide bonds. The lowest BCUT2D eigenvalue weighted by molar-refractivity contribution is 0.472. The van der Waals surface area contributed by atoms with Crippen LogP contribution in [-0.4, -0.2) is 24.2 Å². The van der Waals surface area contributed by atoms with E-state index < -0.39 is 0 Å². The van der Waals surface area contributed by atoms with Gasteiger partial charge in [0.15, 0.2) is 0 Å². The van der Waals surface area contributed by atoms with E-state index in [0.29, 0.717) is 17.7 Å². The number of benzene rings is 3. The summed E-state index contributed by atoms with van der Waals surface area (Å²) < 4.78 is 0. The van der Waals surface area contributed by atoms with Crippen molar-refractivity contribution >= 4 is 11.4 Å². The van der Waals surface area contributed by atoms with Crippen LogP contribution in [0.15, 0.2) is 66.7 Å². The van der Waals surface area contributed by atoms with Crippen molar-refractivity contribution in [1.82, 2.24) is 0 Å². The summed E-state index contributed by atoms with van der Waals surface area (Å²) in [4.78, 5) is 2.44. The summed E-state index contributed by atoms with van der Waals surface area (Å²) in [6, 6.07) is 24.1. The molecule has 0 aromatic heterocycles.